The van der Waals surface area contributed by atoms with E-state index in [0.717, 1.165) is 12.0 Å². The fourth-order valence-electron chi connectivity index (χ4n) is 1.87. The Balaban J connectivity index is 0.00000676. The number of pyridine rings is 1. The van der Waals surface area contributed by atoms with Crippen LogP contribution in [0.25, 0.3) is 0 Å². The van der Waals surface area contributed by atoms with Gasteiger partial charge < -0.3 is 25.4 Å². The Hall–Kier alpha value is -1.78. The molecule has 1 aromatic rings. The van der Waals surface area contributed by atoms with Crippen LogP contribution in [0.2, 0.25) is 0 Å². The van der Waals surface area contributed by atoms with Crippen LogP contribution in [0.5, 0.6) is 5.88 Å². The van der Waals surface area contributed by atoms with Gasteiger partial charge in [-0.3, -0.25) is 4.99 Å². The van der Waals surface area contributed by atoms with E-state index in [1.54, 1.807) is 13.2 Å². The highest BCUT2D eigenvalue weighted by Gasteiger charge is 2.15. The molecule has 0 aliphatic heterocycles. The van der Waals surface area contributed by atoms with Crippen LogP contribution in [0.4, 0.5) is 4.79 Å². The van der Waals surface area contributed by atoms with E-state index < -0.39 is 11.7 Å². The molecule has 0 bridgehead atoms. The molecule has 9 heteroatoms. The molecule has 0 aliphatic carbocycles. The van der Waals surface area contributed by atoms with Crippen molar-refractivity contribution in [3.63, 3.8) is 0 Å². The molecule has 0 radical (unpaired) electrons. The average molecular weight is 493 g/mol. The second-order valence-corrected chi connectivity index (χ2v) is 6.63. The number of hydrogen-bond acceptors (Lipinski definition) is 5. The number of halogens is 1. The highest BCUT2D eigenvalue weighted by atomic mass is 127. The Bertz CT molecular complexity index is 573. The minimum atomic E-state index is -0.500. The summed E-state index contributed by atoms with van der Waals surface area (Å²) in [4.78, 5) is 20.0. The van der Waals surface area contributed by atoms with Crippen molar-refractivity contribution in [2.75, 3.05) is 26.7 Å². The predicted octanol–water partition coefficient (Wildman–Crippen LogP) is 2.68. The number of hydrogen-bond donors (Lipinski definition) is 3. The molecule has 0 spiro atoms. The van der Waals surface area contributed by atoms with Gasteiger partial charge in [0.05, 0.1) is 6.61 Å². The lowest BCUT2D eigenvalue weighted by atomic mass is 10.2. The summed E-state index contributed by atoms with van der Waals surface area (Å²) in [5, 5.41) is 8.99. The van der Waals surface area contributed by atoms with Gasteiger partial charge in [-0.2, -0.15) is 0 Å². The molecule has 1 heterocycles. The van der Waals surface area contributed by atoms with Crippen LogP contribution in [0, 0.1) is 0 Å². The van der Waals surface area contributed by atoms with Crippen molar-refractivity contribution in [3.05, 3.63) is 23.9 Å². The first-order chi connectivity index (χ1) is 12.3. The molecular formula is C18H32IN5O3. The molecule has 0 fully saturated rings. The summed E-state index contributed by atoms with van der Waals surface area (Å²) in [6.07, 6.45) is 2.30. The van der Waals surface area contributed by atoms with Crippen LogP contribution < -0.4 is 20.7 Å². The van der Waals surface area contributed by atoms with Crippen molar-refractivity contribution in [1.82, 2.24) is 20.9 Å². The van der Waals surface area contributed by atoms with Crippen LogP contribution in [-0.2, 0) is 11.3 Å². The first kappa shape index (κ1) is 25.2. The number of amides is 1. The Morgan fingerprint density at radius 3 is 2.44 bits per heavy atom. The number of aliphatic imine (C=N–C) groups is 1. The smallest absolute Gasteiger partial charge is 0.407 e. The Kier molecular flexibility index (Phi) is 12.5. The van der Waals surface area contributed by atoms with E-state index in [2.05, 4.69) is 32.9 Å². The topological polar surface area (TPSA) is 96.9 Å². The summed E-state index contributed by atoms with van der Waals surface area (Å²) in [5.74, 6) is 1.27. The van der Waals surface area contributed by atoms with Crippen LogP contribution in [0.15, 0.2) is 23.3 Å². The Morgan fingerprint density at radius 2 is 1.89 bits per heavy atom. The maximum atomic E-state index is 11.6. The first-order valence-electron chi connectivity index (χ1n) is 8.83. The number of carbonyl (C=O) groups excluding carboxylic acids is 1. The fraction of sp³-hybridized carbons (Fsp3) is 0.611. The van der Waals surface area contributed by atoms with Gasteiger partial charge in [0.1, 0.15) is 5.60 Å². The SMILES string of the molecule is CCCOc1ccc(CNC(=NC)NCCNC(=O)OC(C)(C)C)cn1.I. The third-order valence-electron chi connectivity index (χ3n) is 3.02. The molecule has 27 heavy (non-hydrogen) atoms. The number of carbonyl (C=O) groups is 1. The summed E-state index contributed by atoms with van der Waals surface area (Å²) < 4.78 is 10.6. The third kappa shape index (κ3) is 12.3. The van der Waals surface area contributed by atoms with E-state index in [9.17, 15) is 4.79 Å². The maximum Gasteiger partial charge on any atom is 0.407 e. The average Bonchev–Trinajstić information content (AvgIpc) is 2.58. The minimum absolute atomic E-state index is 0. The van der Waals surface area contributed by atoms with Crippen LogP contribution in [0.1, 0.15) is 39.7 Å². The monoisotopic (exact) mass is 493 g/mol. The number of rotatable bonds is 8. The summed E-state index contributed by atoms with van der Waals surface area (Å²) in [7, 11) is 1.69. The van der Waals surface area contributed by atoms with Crippen LogP contribution >= 0.6 is 24.0 Å². The fourth-order valence-corrected chi connectivity index (χ4v) is 1.87. The number of aromatic nitrogens is 1. The van der Waals surface area contributed by atoms with Crippen molar-refractivity contribution in [2.45, 2.75) is 46.3 Å². The Labute approximate surface area is 178 Å². The van der Waals surface area contributed by atoms with Gasteiger partial charge in [-0.05, 0) is 32.8 Å². The molecule has 0 unspecified atom stereocenters. The molecule has 8 nitrogen and oxygen atoms in total. The van der Waals surface area contributed by atoms with Gasteiger partial charge in [0, 0.05) is 38.9 Å². The van der Waals surface area contributed by atoms with E-state index in [1.807, 2.05) is 32.9 Å². The minimum Gasteiger partial charge on any atom is -0.478 e. The lowest BCUT2D eigenvalue weighted by molar-refractivity contribution is 0.0529. The summed E-state index contributed by atoms with van der Waals surface area (Å²) in [5.41, 5.74) is 0.518. The number of alkyl carbamates (subject to hydrolysis) is 1. The normalized spacial score (nSPS) is 11.2. The van der Waals surface area contributed by atoms with E-state index >= 15 is 0 Å². The summed E-state index contributed by atoms with van der Waals surface area (Å²) in [6.45, 7) is 9.75. The van der Waals surface area contributed by atoms with Crippen molar-refractivity contribution < 1.29 is 14.3 Å². The number of nitrogens with one attached hydrogen (secondary N) is 3. The van der Waals surface area contributed by atoms with Crippen molar-refractivity contribution in [3.8, 4) is 5.88 Å². The van der Waals surface area contributed by atoms with E-state index in [-0.39, 0.29) is 24.0 Å². The van der Waals surface area contributed by atoms with Gasteiger partial charge in [0.2, 0.25) is 5.88 Å². The summed E-state index contributed by atoms with van der Waals surface area (Å²) >= 11 is 0. The molecule has 0 saturated carbocycles. The number of guanidine groups is 1. The zero-order valence-corrected chi connectivity index (χ0v) is 19.1. The highest BCUT2D eigenvalue weighted by Crippen LogP contribution is 2.08. The molecule has 1 aromatic heterocycles. The van der Waals surface area contributed by atoms with Gasteiger partial charge in [0.15, 0.2) is 5.96 Å². The van der Waals surface area contributed by atoms with Gasteiger partial charge in [-0.25, -0.2) is 9.78 Å². The summed E-state index contributed by atoms with van der Waals surface area (Å²) in [6, 6.07) is 3.82. The second kappa shape index (κ2) is 13.4. The van der Waals surface area contributed by atoms with Crippen LogP contribution in [0.3, 0.4) is 0 Å². The maximum absolute atomic E-state index is 11.6. The lowest BCUT2D eigenvalue weighted by Crippen LogP contribution is -2.42. The number of nitrogens with zero attached hydrogens (tertiary/aromatic N) is 2. The zero-order valence-electron chi connectivity index (χ0n) is 16.8. The highest BCUT2D eigenvalue weighted by molar-refractivity contribution is 14.0. The molecule has 0 atom stereocenters. The number of ether oxygens (including phenoxy) is 2. The molecular weight excluding hydrogens is 461 g/mol. The van der Waals surface area contributed by atoms with E-state index in [4.69, 9.17) is 9.47 Å². The largest absolute Gasteiger partial charge is 0.478 e. The van der Waals surface area contributed by atoms with E-state index in [1.165, 1.54) is 0 Å². The van der Waals surface area contributed by atoms with Gasteiger partial charge in [-0.15, -0.1) is 24.0 Å². The second-order valence-electron chi connectivity index (χ2n) is 6.63. The van der Waals surface area contributed by atoms with Crippen molar-refractivity contribution in [2.24, 2.45) is 4.99 Å². The molecule has 0 saturated heterocycles. The molecule has 154 valence electrons. The molecule has 3 N–H and O–H groups in total. The van der Waals surface area contributed by atoms with E-state index in [0.29, 0.717) is 38.1 Å². The third-order valence-corrected chi connectivity index (χ3v) is 3.02. The van der Waals surface area contributed by atoms with Crippen LogP contribution in [-0.4, -0.2) is 49.4 Å². The lowest BCUT2D eigenvalue weighted by Gasteiger charge is -2.19. The first-order valence-corrected chi connectivity index (χ1v) is 8.83. The zero-order chi connectivity index (χ0) is 19.4. The molecule has 1 rings (SSSR count). The molecule has 1 amide bonds. The van der Waals surface area contributed by atoms with Crippen molar-refractivity contribution >= 4 is 36.0 Å². The standard InChI is InChI=1S/C18H31N5O3.HI/c1-6-11-25-15-8-7-14(12-22-15)13-23-16(19-5)20-9-10-21-17(24)26-18(2,3)4;/h7-8,12H,6,9-11,13H2,1-5H3,(H,21,24)(H2,19,20,23);1H. The Morgan fingerprint density at radius 1 is 1.19 bits per heavy atom. The van der Waals surface area contributed by atoms with Gasteiger partial charge >= 0.3 is 6.09 Å². The van der Waals surface area contributed by atoms with Gasteiger partial charge in [0.25, 0.3) is 0 Å². The quantitative estimate of drug-likeness (QED) is 0.223. The van der Waals surface area contributed by atoms with Gasteiger partial charge in [-0.1, -0.05) is 13.0 Å². The molecule has 0 aromatic carbocycles. The molecule has 0 aliphatic rings. The predicted molar refractivity (Wildman–Crippen MR) is 118 cm³/mol. The van der Waals surface area contributed by atoms with Crippen molar-refractivity contribution in [1.29, 1.82) is 0 Å².